The highest BCUT2D eigenvalue weighted by atomic mass is 19.1. The Hall–Kier alpha value is -2.64. The molecule has 0 aliphatic heterocycles. The summed E-state index contributed by atoms with van der Waals surface area (Å²) in [4.78, 5) is 24.1. The molecule has 1 heterocycles. The number of hydrogen-bond acceptors (Lipinski definition) is 3. The Labute approximate surface area is 156 Å². The molecule has 0 saturated heterocycles. The average molecular weight is 374 g/mol. The first kappa shape index (κ1) is 19.1. The molecular weight excluding hydrogens is 353 g/mol. The van der Waals surface area contributed by atoms with Crippen molar-refractivity contribution in [2.75, 3.05) is 5.32 Å². The van der Waals surface area contributed by atoms with Crippen molar-refractivity contribution in [3.8, 4) is 0 Å². The minimum absolute atomic E-state index is 0.0913. The molecule has 2 aromatic rings. The maximum Gasteiger partial charge on any atom is 0.339 e. The van der Waals surface area contributed by atoms with E-state index in [1.165, 1.54) is 12.1 Å². The fourth-order valence-corrected chi connectivity index (χ4v) is 3.55. The second-order valence-electron chi connectivity index (χ2n) is 7.11. The number of pyridine rings is 1. The monoisotopic (exact) mass is 374 g/mol. The van der Waals surface area contributed by atoms with Gasteiger partial charge in [0.2, 0.25) is 5.82 Å². The first-order valence-corrected chi connectivity index (χ1v) is 9.06. The van der Waals surface area contributed by atoms with E-state index in [1.54, 1.807) is 13.9 Å². The molecule has 0 spiro atoms. The lowest BCUT2D eigenvalue weighted by Crippen LogP contribution is -2.29. The first-order chi connectivity index (χ1) is 12.9. The van der Waals surface area contributed by atoms with Gasteiger partial charge in [-0.05, 0) is 30.9 Å². The normalized spacial score (nSPS) is 14.9. The van der Waals surface area contributed by atoms with Gasteiger partial charge in [-0.3, -0.25) is 4.79 Å². The molecule has 8 heteroatoms. The zero-order valence-corrected chi connectivity index (χ0v) is 15.1. The molecular formula is C19H21BF2N2O3. The number of aromatic carboxylic acids is 1. The summed E-state index contributed by atoms with van der Waals surface area (Å²) in [6.07, 6.45) is 6.28. The van der Waals surface area contributed by atoms with Gasteiger partial charge >= 0.3 is 5.97 Å². The van der Waals surface area contributed by atoms with E-state index in [1.807, 2.05) is 0 Å². The molecule has 0 unspecified atom stereocenters. The molecule has 0 bridgehead atoms. The number of carboxylic acid groups (broad SMARTS) is 1. The zero-order chi connectivity index (χ0) is 19.6. The van der Waals surface area contributed by atoms with Crippen LogP contribution < -0.4 is 16.3 Å². The number of carbonyl (C=O) groups is 1. The molecule has 1 aromatic carbocycles. The highest BCUT2D eigenvalue weighted by molar-refractivity contribution is 6.32. The third-order valence-electron chi connectivity index (χ3n) is 5.02. The number of halogens is 2. The average Bonchev–Trinajstić information content (AvgIpc) is 2.63. The molecule has 1 fully saturated rings. The van der Waals surface area contributed by atoms with Crippen LogP contribution in [0.3, 0.4) is 0 Å². The second kappa shape index (κ2) is 7.94. The van der Waals surface area contributed by atoms with E-state index in [0.29, 0.717) is 5.46 Å². The molecule has 3 rings (SSSR count). The Morgan fingerprint density at radius 3 is 2.59 bits per heavy atom. The van der Waals surface area contributed by atoms with Crippen LogP contribution >= 0.6 is 0 Å². The lowest BCUT2D eigenvalue weighted by molar-refractivity contribution is 0.0696. The first-order valence-electron chi connectivity index (χ1n) is 9.06. The van der Waals surface area contributed by atoms with Crippen molar-refractivity contribution in [2.24, 2.45) is 5.92 Å². The van der Waals surface area contributed by atoms with Gasteiger partial charge in [0, 0.05) is 12.7 Å². The number of rotatable bonds is 5. The van der Waals surface area contributed by atoms with Crippen LogP contribution in [0.15, 0.2) is 29.2 Å². The van der Waals surface area contributed by atoms with Crippen molar-refractivity contribution in [3.63, 3.8) is 0 Å². The SMILES string of the molecule is Bc1ccc(Nc2c(C(=O)O)cn(CC3CCCCC3)c(=O)c2F)c(F)c1. The topological polar surface area (TPSA) is 71.3 Å². The summed E-state index contributed by atoms with van der Waals surface area (Å²) < 4.78 is 30.0. The lowest BCUT2D eigenvalue weighted by Gasteiger charge is -2.23. The summed E-state index contributed by atoms with van der Waals surface area (Å²) in [6.45, 7) is 0.287. The molecule has 1 saturated carbocycles. The molecule has 2 N–H and O–H groups in total. The van der Waals surface area contributed by atoms with Crippen LogP contribution in [0, 0.1) is 17.6 Å². The maximum absolute atomic E-state index is 14.8. The Morgan fingerprint density at radius 1 is 1.26 bits per heavy atom. The fraction of sp³-hybridized carbons (Fsp3) is 0.368. The van der Waals surface area contributed by atoms with Gasteiger partial charge in [0.1, 0.15) is 19.2 Å². The van der Waals surface area contributed by atoms with Crippen molar-refractivity contribution >= 4 is 30.7 Å². The van der Waals surface area contributed by atoms with Crippen LogP contribution in [0.2, 0.25) is 0 Å². The Morgan fingerprint density at radius 2 is 1.96 bits per heavy atom. The van der Waals surface area contributed by atoms with Crippen LogP contribution in [0.25, 0.3) is 0 Å². The Kier molecular flexibility index (Phi) is 5.63. The lowest BCUT2D eigenvalue weighted by atomic mass is 9.89. The summed E-state index contributed by atoms with van der Waals surface area (Å²) in [5, 5.41) is 11.9. The molecule has 142 valence electrons. The van der Waals surface area contributed by atoms with Gasteiger partial charge in [-0.15, -0.1) is 0 Å². The smallest absolute Gasteiger partial charge is 0.339 e. The van der Waals surface area contributed by atoms with Crippen LogP contribution in [0.1, 0.15) is 42.5 Å². The number of benzene rings is 1. The van der Waals surface area contributed by atoms with E-state index >= 15 is 0 Å². The molecule has 0 atom stereocenters. The van der Waals surface area contributed by atoms with Crippen LogP contribution in [0.4, 0.5) is 20.2 Å². The number of nitrogens with one attached hydrogen (secondary N) is 1. The molecule has 0 radical (unpaired) electrons. The van der Waals surface area contributed by atoms with E-state index in [-0.39, 0.29) is 18.2 Å². The quantitative estimate of drug-likeness (QED) is 0.789. The van der Waals surface area contributed by atoms with E-state index in [2.05, 4.69) is 5.32 Å². The number of nitrogens with zero attached hydrogens (tertiary/aromatic N) is 1. The molecule has 0 amide bonds. The number of hydrogen-bond donors (Lipinski definition) is 2. The minimum atomic E-state index is -1.39. The highest BCUT2D eigenvalue weighted by Crippen LogP contribution is 2.27. The van der Waals surface area contributed by atoms with Gasteiger partial charge < -0.3 is 15.0 Å². The van der Waals surface area contributed by atoms with E-state index in [4.69, 9.17) is 0 Å². The van der Waals surface area contributed by atoms with Gasteiger partial charge in [0.25, 0.3) is 5.56 Å². The predicted molar refractivity (Wildman–Crippen MR) is 102 cm³/mol. The number of carboxylic acids is 1. The van der Waals surface area contributed by atoms with Crippen molar-refractivity contribution in [1.29, 1.82) is 0 Å². The van der Waals surface area contributed by atoms with E-state index in [0.717, 1.165) is 42.9 Å². The number of anilines is 2. The fourth-order valence-electron chi connectivity index (χ4n) is 3.55. The third kappa shape index (κ3) is 4.20. The van der Waals surface area contributed by atoms with Crippen molar-refractivity contribution < 1.29 is 18.7 Å². The van der Waals surface area contributed by atoms with Crippen LogP contribution in [-0.2, 0) is 6.54 Å². The Bertz CT molecular complexity index is 924. The largest absolute Gasteiger partial charge is 0.478 e. The van der Waals surface area contributed by atoms with Crippen LogP contribution in [0.5, 0.6) is 0 Å². The summed E-state index contributed by atoms with van der Waals surface area (Å²) in [5.41, 5.74) is -1.25. The zero-order valence-electron chi connectivity index (χ0n) is 15.1. The highest BCUT2D eigenvalue weighted by Gasteiger charge is 2.23. The van der Waals surface area contributed by atoms with Gasteiger partial charge in [0.15, 0.2) is 0 Å². The summed E-state index contributed by atoms with van der Waals surface area (Å²) in [6, 6.07) is 4.22. The van der Waals surface area contributed by atoms with E-state index < -0.39 is 34.4 Å². The third-order valence-corrected chi connectivity index (χ3v) is 5.02. The molecule has 1 aliphatic carbocycles. The van der Waals surface area contributed by atoms with Gasteiger partial charge in [0.05, 0.1) is 11.4 Å². The van der Waals surface area contributed by atoms with Gasteiger partial charge in [-0.1, -0.05) is 30.8 Å². The minimum Gasteiger partial charge on any atom is -0.478 e. The van der Waals surface area contributed by atoms with Gasteiger partial charge in [-0.25, -0.2) is 9.18 Å². The van der Waals surface area contributed by atoms with Crippen LogP contribution in [-0.4, -0.2) is 23.5 Å². The van der Waals surface area contributed by atoms with Crippen molar-refractivity contribution in [1.82, 2.24) is 4.57 Å². The standard InChI is InChI=1S/C19H21BF2N2O3/c20-12-6-7-15(14(21)8-12)23-17-13(19(26)27)10-24(18(25)16(17)22)9-11-4-2-1-3-5-11/h6-8,10-11,23H,1-5,9,20H2,(H,26,27). The molecule has 1 aliphatic rings. The number of aromatic nitrogens is 1. The maximum atomic E-state index is 14.8. The van der Waals surface area contributed by atoms with E-state index in [9.17, 15) is 23.5 Å². The summed E-state index contributed by atoms with van der Waals surface area (Å²) >= 11 is 0. The predicted octanol–water partition coefficient (Wildman–Crippen LogP) is 2.41. The molecule has 1 aromatic heterocycles. The second-order valence-corrected chi connectivity index (χ2v) is 7.11. The van der Waals surface area contributed by atoms with Crippen molar-refractivity contribution in [3.05, 3.63) is 51.9 Å². The summed E-state index contributed by atoms with van der Waals surface area (Å²) in [7, 11) is 1.70. The molecule has 27 heavy (non-hydrogen) atoms. The summed E-state index contributed by atoms with van der Waals surface area (Å²) in [5.74, 6) is -3.03. The van der Waals surface area contributed by atoms with Gasteiger partial charge in [-0.2, -0.15) is 4.39 Å². The molecule has 5 nitrogen and oxygen atoms in total. The van der Waals surface area contributed by atoms with Crippen molar-refractivity contribution in [2.45, 2.75) is 38.6 Å². The Balaban J connectivity index is 1.99.